The molecule has 90 valence electrons. The minimum absolute atomic E-state index is 0.147. The minimum Gasteiger partial charge on any atom is -0.369 e. The van der Waals surface area contributed by atoms with Crippen LogP contribution in [-0.4, -0.2) is 23.5 Å². The maximum absolute atomic E-state index is 12.4. The van der Waals surface area contributed by atoms with Gasteiger partial charge in [-0.3, -0.25) is 0 Å². The predicted molar refractivity (Wildman–Crippen MR) is 61.1 cm³/mol. The van der Waals surface area contributed by atoms with Crippen molar-refractivity contribution < 1.29 is 13.2 Å². The van der Waals surface area contributed by atoms with Crippen LogP contribution in [0.5, 0.6) is 0 Å². The van der Waals surface area contributed by atoms with Gasteiger partial charge in [0.15, 0.2) is 0 Å². The van der Waals surface area contributed by atoms with Gasteiger partial charge >= 0.3 is 6.18 Å². The van der Waals surface area contributed by atoms with Crippen LogP contribution in [0.15, 0.2) is 12.1 Å². The highest BCUT2D eigenvalue weighted by Crippen LogP contribution is 2.31. The van der Waals surface area contributed by atoms with Crippen LogP contribution in [0.2, 0.25) is 5.15 Å². The molecule has 0 amide bonds. The molecule has 0 spiro atoms. The van der Waals surface area contributed by atoms with Crippen LogP contribution in [0, 0.1) is 0 Å². The van der Waals surface area contributed by atoms with Crippen molar-refractivity contribution in [3.05, 3.63) is 22.8 Å². The van der Waals surface area contributed by atoms with Gasteiger partial charge in [0.2, 0.25) is 0 Å². The van der Waals surface area contributed by atoms with Crippen LogP contribution >= 0.6 is 23.4 Å². The van der Waals surface area contributed by atoms with E-state index in [1.54, 1.807) is 11.8 Å². The molecular weight excluding hydrogens is 261 g/mol. The molecule has 0 atom stereocenters. The zero-order valence-corrected chi connectivity index (χ0v) is 10.0. The molecule has 1 aromatic heterocycles. The summed E-state index contributed by atoms with van der Waals surface area (Å²) in [6, 6.07) is 1.76. The first-order valence-electron chi connectivity index (χ1n) is 4.41. The number of nitrogens with zero attached hydrogens (tertiary/aromatic N) is 1. The predicted octanol–water partition coefficient (Wildman–Crippen LogP) is 3.53. The van der Waals surface area contributed by atoms with Crippen molar-refractivity contribution in [2.24, 2.45) is 0 Å². The molecule has 7 heteroatoms. The smallest absolute Gasteiger partial charge is 0.369 e. The first kappa shape index (κ1) is 13.4. The number of halogens is 4. The molecule has 0 saturated carbocycles. The second-order valence-corrected chi connectivity index (χ2v) is 4.35. The lowest BCUT2D eigenvalue weighted by Crippen LogP contribution is -2.09. The van der Waals surface area contributed by atoms with E-state index in [0.29, 0.717) is 6.54 Å². The maximum Gasteiger partial charge on any atom is 0.416 e. The molecule has 1 heterocycles. The Labute approximate surface area is 101 Å². The van der Waals surface area contributed by atoms with Crippen molar-refractivity contribution in [2.45, 2.75) is 6.18 Å². The van der Waals surface area contributed by atoms with Crippen molar-refractivity contribution >= 4 is 29.2 Å². The van der Waals surface area contributed by atoms with Crippen LogP contribution in [0.3, 0.4) is 0 Å². The molecule has 0 fully saturated rings. The fraction of sp³-hybridized carbons (Fsp3) is 0.444. The lowest BCUT2D eigenvalue weighted by molar-refractivity contribution is -0.137. The molecule has 1 rings (SSSR count). The Morgan fingerprint density at radius 3 is 2.69 bits per heavy atom. The minimum atomic E-state index is -4.40. The molecule has 0 saturated heterocycles. The van der Waals surface area contributed by atoms with E-state index in [-0.39, 0.29) is 11.0 Å². The topological polar surface area (TPSA) is 24.9 Å². The largest absolute Gasteiger partial charge is 0.416 e. The molecule has 0 radical (unpaired) electrons. The standard InChI is InChI=1S/C9H10ClF3N2S/c1-16-3-2-14-8-5-6(9(11,12)13)4-7(10)15-8/h4-5H,2-3H2,1H3,(H,14,15). The lowest BCUT2D eigenvalue weighted by atomic mass is 10.2. The number of hydrogen-bond donors (Lipinski definition) is 1. The molecule has 0 aliphatic carbocycles. The Hall–Kier alpha value is -0.620. The van der Waals surface area contributed by atoms with Crippen molar-refractivity contribution in [2.75, 3.05) is 23.9 Å². The maximum atomic E-state index is 12.4. The van der Waals surface area contributed by atoms with Crippen LogP contribution in [0.4, 0.5) is 19.0 Å². The third-order valence-corrected chi connectivity index (χ3v) is 2.54. The molecule has 0 aliphatic rings. The van der Waals surface area contributed by atoms with Gasteiger partial charge < -0.3 is 5.32 Å². The summed E-state index contributed by atoms with van der Waals surface area (Å²) in [4.78, 5) is 3.76. The second-order valence-electron chi connectivity index (χ2n) is 2.98. The van der Waals surface area contributed by atoms with E-state index in [0.717, 1.165) is 17.9 Å². The fourth-order valence-electron chi connectivity index (χ4n) is 1.03. The summed E-state index contributed by atoms with van der Waals surface area (Å²) in [6.07, 6.45) is -2.49. The Kier molecular flexibility index (Phi) is 4.73. The molecule has 0 aliphatic heterocycles. The Morgan fingerprint density at radius 1 is 1.44 bits per heavy atom. The number of hydrogen-bond acceptors (Lipinski definition) is 3. The number of anilines is 1. The highest BCUT2D eigenvalue weighted by Gasteiger charge is 2.31. The summed E-state index contributed by atoms with van der Waals surface area (Å²) in [6.45, 7) is 0.547. The summed E-state index contributed by atoms with van der Waals surface area (Å²) >= 11 is 7.10. The van der Waals surface area contributed by atoms with Gasteiger partial charge in [-0.2, -0.15) is 24.9 Å². The van der Waals surface area contributed by atoms with Gasteiger partial charge in [0, 0.05) is 12.3 Å². The van der Waals surface area contributed by atoms with Gasteiger partial charge in [-0.1, -0.05) is 11.6 Å². The first-order valence-corrected chi connectivity index (χ1v) is 6.18. The van der Waals surface area contributed by atoms with E-state index in [4.69, 9.17) is 11.6 Å². The summed E-state index contributed by atoms with van der Waals surface area (Å²) in [7, 11) is 0. The van der Waals surface area contributed by atoms with E-state index in [9.17, 15) is 13.2 Å². The average molecular weight is 271 g/mol. The van der Waals surface area contributed by atoms with Gasteiger partial charge in [-0.25, -0.2) is 4.98 Å². The van der Waals surface area contributed by atoms with Gasteiger partial charge in [0.05, 0.1) is 5.56 Å². The number of rotatable bonds is 4. The quantitative estimate of drug-likeness (QED) is 0.669. The SMILES string of the molecule is CSCCNc1cc(C(F)(F)F)cc(Cl)n1. The molecule has 0 bridgehead atoms. The van der Waals surface area contributed by atoms with E-state index < -0.39 is 11.7 Å². The Morgan fingerprint density at radius 2 is 2.12 bits per heavy atom. The number of thioether (sulfide) groups is 1. The zero-order chi connectivity index (χ0) is 12.2. The molecule has 1 N–H and O–H groups in total. The van der Waals surface area contributed by atoms with Crippen LogP contribution in [0.1, 0.15) is 5.56 Å². The number of pyridine rings is 1. The Bertz CT molecular complexity index is 357. The van der Waals surface area contributed by atoms with Crippen molar-refractivity contribution in [1.29, 1.82) is 0 Å². The molecule has 1 aromatic rings. The third-order valence-electron chi connectivity index (χ3n) is 1.73. The second kappa shape index (κ2) is 5.63. The normalized spacial score (nSPS) is 11.6. The summed E-state index contributed by atoms with van der Waals surface area (Å²) in [5, 5.41) is 2.62. The molecule has 2 nitrogen and oxygen atoms in total. The number of aromatic nitrogens is 1. The first-order chi connectivity index (χ1) is 7.43. The van der Waals surface area contributed by atoms with Crippen molar-refractivity contribution in [1.82, 2.24) is 4.98 Å². The molecule has 16 heavy (non-hydrogen) atoms. The summed E-state index contributed by atoms with van der Waals surface area (Å²) in [5.41, 5.74) is -0.792. The van der Waals surface area contributed by atoms with E-state index in [1.165, 1.54) is 0 Å². The summed E-state index contributed by atoms with van der Waals surface area (Å²) < 4.78 is 37.3. The molecule has 0 aromatic carbocycles. The molecular formula is C9H10ClF3N2S. The summed E-state index contributed by atoms with van der Waals surface area (Å²) in [5.74, 6) is 0.934. The zero-order valence-electron chi connectivity index (χ0n) is 8.44. The number of nitrogens with one attached hydrogen (secondary N) is 1. The lowest BCUT2D eigenvalue weighted by Gasteiger charge is -2.10. The number of alkyl halides is 3. The van der Waals surface area contributed by atoms with Crippen LogP contribution < -0.4 is 5.32 Å². The van der Waals surface area contributed by atoms with Crippen molar-refractivity contribution in [3.8, 4) is 0 Å². The average Bonchev–Trinajstić information content (AvgIpc) is 2.16. The van der Waals surface area contributed by atoms with E-state index in [2.05, 4.69) is 10.3 Å². The van der Waals surface area contributed by atoms with Crippen molar-refractivity contribution in [3.63, 3.8) is 0 Å². The monoisotopic (exact) mass is 270 g/mol. The highest BCUT2D eigenvalue weighted by molar-refractivity contribution is 7.98. The van der Waals surface area contributed by atoms with E-state index >= 15 is 0 Å². The molecule has 0 unspecified atom stereocenters. The van der Waals surface area contributed by atoms with Crippen LogP contribution in [0.25, 0.3) is 0 Å². The van der Waals surface area contributed by atoms with Gasteiger partial charge in [-0.15, -0.1) is 0 Å². The highest BCUT2D eigenvalue weighted by atomic mass is 35.5. The third kappa shape index (κ3) is 4.09. The van der Waals surface area contributed by atoms with Gasteiger partial charge in [-0.05, 0) is 18.4 Å². The van der Waals surface area contributed by atoms with Crippen LogP contribution in [-0.2, 0) is 6.18 Å². The fourth-order valence-corrected chi connectivity index (χ4v) is 1.55. The Balaban J connectivity index is 2.82. The van der Waals surface area contributed by atoms with E-state index in [1.807, 2.05) is 6.26 Å². The van der Waals surface area contributed by atoms with Gasteiger partial charge in [0.1, 0.15) is 11.0 Å². The van der Waals surface area contributed by atoms with Gasteiger partial charge in [0.25, 0.3) is 0 Å².